The van der Waals surface area contributed by atoms with Gasteiger partial charge in [0.15, 0.2) is 6.29 Å². The molecule has 0 aromatic rings. The molecule has 1 atom stereocenters. The zero-order valence-electron chi connectivity index (χ0n) is 17.3. The van der Waals surface area contributed by atoms with E-state index in [9.17, 15) is 4.79 Å². The zero-order valence-corrected chi connectivity index (χ0v) is 17.3. The highest BCUT2D eigenvalue weighted by Gasteiger charge is 2.12. The minimum Gasteiger partial charge on any atom is -0.353 e. The van der Waals surface area contributed by atoms with Crippen LogP contribution in [-0.4, -0.2) is 25.3 Å². The third-order valence-electron chi connectivity index (χ3n) is 4.66. The fraction of sp³-hybridized carbons (Fsp3) is 0.696. The van der Waals surface area contributed by atoms with Crippen LogP contribution in [0.2, 0.25) is 0 Å². The lowest BCUT2D eigenvalue weighted by Gasteiger charge is -2.22. The maximum absolute atomic E-state index is 11.9. The number of allylic oxidation sites excluding steroid dienone is 5. The third-order valence-corrected chi connectivity index (χ3v) is 4.66. The van der Waals surface area contributed by atoms with Crippen molar-refractivity contribution >= 4 is 5.78 Å². The van der Waals surface area contributed by atoms with Gasteiger partial charge in [0.2, 0.25) is 0 Å². The van der Waals surface area contributed by atoms with E-state index in [0.29, 0.717) is 25.2 Å². The van der Waals surface area contributed by atoms with Crippen LogP contribution in [0.3, 0.4) is 0 Å². The molecule has 1 fully saturated rings. The summed E-state index contributed by atoms with van der Waals surface area (Å²) in [5, 5.41) is 0. The number of Topliss-reactive ketones (excluding diaryl/α,β-unsaturated/α-hetero) is 1. The molecular weight excluding hydrogens is 324 g/mol. The summed E-state index contributed by atoms with van der Waals surface area (Å²) in [6.45, 7) is 9.90. The average Bonchev–Trinajstić information content (AvgIpc) is 2.60. The maximum Gasteiger partial charge on any atom is 0.157 e. The van der Waals surface area contributed by atoms with Crippen LogP contribution in [0.5, 0.6) is 0 Å². The molecule has 1 unspecified atom stereocenters. The Morgan fingerprint density at radius 1 is 0.923 bits per heavy atom. The van der Waals surface area contributed by atoms with Gasteiger partial charge in [-0.25, -0.2) is 0 Å². The second-order valence-corrected chi connectivity index (χ2v) is 7.63. The molecule has 0 aliphatic carbocycles. The number of hydrogen-bond donors (Lipinski definition) is 0. The molecule has 0 radical (unpaired) electrons. The summed E-state index contributed by atoms with van der Waals surface area (Å²) in [5.41, 5.74) is 3.96. The van der Waals surface area contributed by atoms with Crippen molar-refractivity contribution in [2.45, 2.75) is 91.8 Å². The smallest absolute Gasteiger partial charge is 0.157 e. The van der Waals surface area contributed by atoms with E-state index in [1.807, 2.05) is 0 Å². The summed E-state index contributed by atoms with van der Waals surface area (Å²) in [7, 11) is 0. The predicted octanol–water partition coefficient (Wildman–Crippen LogP) is 6.30. The first kappa shape index (κ1) is 22.9. The van der Waals surface area contributed by atoms with Gasteiger partial charge in [-0.05, 0) is 72.6 Å². The summed E-state index contributed by atoms with van der Waals surface area (Å²) >= 11 is 0. The number of ketones is 1. The molecular formula is C23H38O3. The van der Waals surface area contributed by atoms with Gasteiger partial charge < -0.3 is 9.47 Å². The van der Waals surface area contributed by atoms with Gasteiger partial charge in [0.1, 0.15) is 5.78 Å². The number of carbonyl (C=O) groups is 1. The van der Waals surface area contributed by atoms with Crippen LogP contribution in [0.25, 0.3) is 0 Å². The van der Waals surface area contributed by atoms with Crippen molar-refractivity contribution in [2.75, 3.05) is 13.2 Å². The molecule has 0 spiro atoms. The SMILES string of the molecule is CC(C)=CCCC(=O)CC/C(C)=C/CC/C(C)=C/COC1CCCCO1. The Balaban J connectivity index is 2.13. The minimum atomic E-state index is -0.00999. The maximum atomic E-state index is 11.9. The zero-order chi connectivity index (χ0) is 19.2. The first-order chi connectivity index (χ1) is 12.5. The number of hydrogen-bond acceptors (Lipinski definition) is 3. The highest BCUT2D eigenvalue weighted by atomic mass is 16.7. The second kappa shape index (κ2) is 13.9. The molecule has 1 rings (SSSR count). The van der Waals surface area contributed by atoms with Crippen molar-refractivity contribution in [3.8, 4) is 0 Å². The Labute approximate surface area is 160 Å². The van der Waals surface area contributed by atoms with Crippen LogP contribution in [0, 0.1) is 0 Å². The van der Waals surface area contributed by atoms with Crippen molar-refractivity contribution in [3.63, 3.8) is 0 Å². The Morgan fingerprint density at radius 3 is 2.35 bits per heavy atom. The van der Waals surface area contributed by atoms with Crippen molar-refractivity contribution < 1.29 is 14.3 Å². The average molecular weight is 363 g/mol. The molecule has 1 saturated heterocycles. The summed E-state index contributed by atoms with van der Waals surface area (Å²) in [5.74, 6) is 0.369. The van der Waals surface area contributed by atoms with Gasteiger partial charge in [0, 0.05) is 19.4 Å². The topological polar surface area (TPSA) is 35.5 Å². The van der Waals surface area contributed by atoms with E-state index in [1.54, 1.807) is 0 Å². The van der Waals surface area contributed by atoms with Gasteiger partial charge in [-0.2, -0.15) is 0 Å². The normalized spacial score (nSPS) is 18.7. The number of rotatable bonds is 12. The van der Waals surface area contributed by atoms with Gasteiger partial charge in [-0.3, -0.25) is 4.79 Å². The van der Waals surface area contributed by atoms with Crippen molar-refractivity contribution in [3.05, 3.63) is 34.9 Å². The van der Waals surface area contributed by atoms with Crippen molar-refractivity contribution in [2.24, 2.45) is 0 Å². The molecule has 0 aromatic carbocycles. The van der Waals surface area contributed by atoms with Crippen LogP contribution in [0.1, 0.15) is 85.5 Å². The molecule has 1 aliphatic rings. The first-order valence-corrected chi connectivity index (χ1v) is 10.2. The second-order valence-electron chi connectivity index (χ2n) is 7.63. The molecule has 0 amide bonds. The fourth-order valence-corrected chi connectivity index (χ4v) is 2.87. The van der Waals surface area contributed by atoms with Crippen LogP contribution >= 0.6 is 0 Å². The Kier molecular flexibility index (Phi) is 12.3. The Hall–Kier alpha value is -1.19. The monoisotopic (exact) mass is 362 g/mol. The minimum absolute atomic E-state index is 0.00999. The van der Waals surface area contributed by atoms with E-state index in [0.717, 1.165) is 45.1 Å². The number of carbonyl (C=O) groups excluding carboxylic acids is 1. The van der Waals surface area contributed by atoms with Gasteiger partial charge in [0.25, 0.3) is 0 Å². The summed E-state index contributed by atoms with van der Waals surface area (Å²) in [6.07, 6.45) is 15.1. The first-order valence-electron chi connectivity index (χ1n) is 10.2. The van der Waals surface area contributed by atoms with Crippen molar-refractivity contribution in [1.82, 2.24) is 0 Å². The van der Waals surface area contributed by atoms with Crippen LogP contribution in [0.15, 0.2) is 34.9 Å². The summed E-state index contributed by atoms with van der Waals surface area (Å²) < 4.78 is 11.3. The number of ether oxygens (including phenoxy) is 2. The Morgan fingerprint density at radius 2 is 1.65 bits per heavy atom. The standard InChI is InChI=1S/C23H38O3/c1-19(2)9-7-12-22(24)15-14-20(3)10-8-11-21(4)16-18-26-23-13-5-6-17-25-23/h9-10,16,23H,5-8,11-15,17-18H2,1-4H3/b20-10+,21-16+. The van der Waals surface area contributed by atoms with Gasteiger partial charge >= 0.3 is 0 Å². The molecule has 0 saturated carbocycles. The van der Waals surface area contributed by atoms with E-state index >= 15 is 0 Å². The third kappa shape index (κ3) is 12.2. The molecule has 0 N–H and O–H groups in total. The largest absolute Gasteiger partial charge is 0.353 e. The van der Waals surface area contributed by atoms with Gasteiger partial charge in [-0.15, -0.1) is 0 Å². The lowest BCUT2D eigenvalue weighted by Crippen LogP contribution is -2.22. The molecule has 26 heavy (non-hydrogen) atoms. The lowest BCUT2D eigenvalue weighted by molar-refractivity contribution is -0.155. The molecule has 148 valence electrons. The van der Waals surface area contributed by atoms with E-state index in [-0.39, 0.29) is 6.29 Å². The van der Waals surface area contributed by atoms with Gasteiger partial charge in [-0.1, -0.05) is 34.9 Å². The van der Waals surface area contributed by atoms with E-state index in [2.05, 4.69) is 45.9 Å². The molecule has 1 heterocycles. The molecule has 0 aromatic heterocycles. The fourth-order valence-electron chi connectivity index (χ4n) is 2.87. The quantitative estimate of drug-likeness (QED) is 0.382. The molecule has 3 heteroatoms. The lowest BCUT2D eigenvalue weighted by atomic mass is 10.0. The van der Waals surface area contributed by atoms with E-state index in [4.69, 9.17) is 9.47 Å². The van der Waals surface area contributed by atoms with Crippen LogP contribution < -0.4 is 0 Å². The van der Waals surface area contributed by atoms with E-state index < -0.39 is 0 Å². The highest BCUT2D eigenvalue weighted by Crippen LogP contribution is 2.15. The molecule has 1 aliphatic heterocycles. The predicted molar refractivity (Wildman–Crippen MR) is 109 cm³/mol. The van der Waals surface area contributed by atoms with Crippen LogP contribution in [0.4, 0.5) is 0 Å². The highest BCUT2D eigenvalue weighted by molar-refractivity contribution is 5.78. The Bertz CT molecular complexity index is 490. The van der Waals surface area contributed by atoms with Gasteiger partial charge in [0.05, 0.1) is 6.61 Å². The summed E-state index contributed by atoms with van der Waals surface area (Å²) in [6, 6.07) is 0. The summed E-state index contributed by atoms with van der Waals surface area (Å²) in [4.78, 5) is 11.9. The molecule has 3 nitrogen and oxygen atoms in total. The van der Waals surface area contributed by atoms with E-state index in [1.165, 1.54) is 23.1 Å². The molecule has 0 bridgehead atoms. The van der Waals surface area contributed by atoms with Crippen molar-refractivity contribution in [1.29, 1.82) is 0 Å². The van der Waals surface area contributed by atoms with Crippen LogP contribution in [-0.2, 0) is 14.3 Å².